The molecule has 0 aromatic carbocycles. The Morgan fingerprint density at radius 1 is 1.19 bits per heavy atom. The molecule has 2 fully saturated rings. The van der Waals surface area contributed by atoms with E-state index in [1.165, 1.54) is 0 Å². The molecule has 1 aliphatic carbocycles. The Morgan fingerprint density at radius 3 is 2.06 bits per heavy atom. The van der Waals surface area contributed by atoms with Crippen LogP contribution in [-0.4, -0.2) is 41.3 Å². The van der Waals surface area contributed by atoms with Crippen molar-refractivity contribution in [1.82, 2.24) is 4.31 Å². The Hall–Kier alpha value is -0.130. The molecule has 1 saturated carbocycles. The fourth-order valence-electron chi connectivity index (χ4n) is 2.24. The number of rotatable bonds is 3. The molecule has 1 N–H and O–H groups in total. The van der Waals surface area contributed by atoms with Crippen molar-refractivity contribution in [2.24, 2.45) is 0 Å². The van der Waals surface area contributed by atoms with Crippen LogP contribution in [0.3, 0.4) is 0 Å². The van der Waals surface area contributed by atoms with Crippen LogP contribution in [0, 0.1) is 0 Å². The van der Waals surface area contributed by atoms with Crippen molar-refractivity contribution in [2.45, 2.75) is 56.3 Å². The molecule has 0 spiro atoms. The summed E-state index contributed by atoms with van der Waals surface area (Å²) in [6, 6.07) is 0. The summed E-state index contributed by atoms with van der Waals surface area (Å²) in [5.41, 5.74) is -0.642. The summed E-state index contributed by atoms with van der Waals surface area (Å²) >= 11 is 0. The number of nitrogens with zero attached hydrogens (tertiary/aromatic N) is 1. The number of piperidine rings is 1. The van der Waals surface area contributed by atoms with Crippen LogP contribution in [0.2, 0.25) is 0 Å². The van der Waals surface area contributed by atoms with Gasteiger partial charge in [0.1, 0.15) is 0 Å². The topological polar surface area (TPSA) is 57.6 Å². The lowest BCUT2D eigenvalue weighted by Gasteiger charge is -2.38. The Bertz CT molecular complexity index is 365. The Labute approximate surface area is 97.7 Å². The van der Waals surface area contributed by atoms with E-state index in [9.17, 15) is 13.5 Å². The molecule has 16 heavy (non-hydrogen) atoms. The Balaban J connectivity index is 2.05. The minimum Gasteiger partial charge on any atom is -0.390 e. The number of aliphatic hydroxyl groups is 1. The second kappa shape index (κ2) is 3.68. The standard InChI is InChI=1S/C11H21NO3S/c1-3-11(13)6-8-12(9-7-11)16(14,15)10(2)4-5-10/h13H,3-9H2,1-2H3. The van der Waals surface area contributed by atoms with Crippen molar-refractivity contribution in [3.63, 3.8) is 0 Å². The molecular weight excluding hydrogens is 226 g/mol. The average Bonchev–Trinajstić information content (AvgIpc) is 2.99. The van der Waals surface area contributed by atoms with Crippen LogP contribution >= 0.6 is 0 Å². The first kappa shape index (κ1) is 12.3. The van der Waals surface area contributed by atoms with Crippen LogP contribution in [0.1, 0.15) is 46.0 Å². The lowest BCUT2D eigenvalue weighted by atomic mass is 9.90. The molecule has 0 atom stereocenters. The minimum absolute atomic E-state index is 0.474. The van der Waals surface area contributed by atoms with E-state index in [0.717, 1.165) is 12.8 Å². The molecule has 2 aliphatic rings. The highest BCUT2D eigenvalue weighted by molar-refractivity contribution is 7.90. The summed E-state index contributed by atoms with van der Waals surface area (Å²) in [6.45, 7) is 4.72. The zero-order chi connectivity index (χ0) is 12.0. The SMILES string of the molecule is CCC1(O)CCN(S(=O)(=O)C2(C)CC2)CC1. The van der Waals surface area contributed by atoms with E-state index in [0.29, 0.717) is 32.4 Å². The van der Waals surface area contributed by atoms with E-state index in [1.54, 1.807) is 4.31 Å². The molecule has 0 bridgehead atoms. The molecule has 0 aromatic rings. The van der Waals surface area contributed by atoms with Gasteiger partial charge in [-0.05, 0) is 39.0 Å². The summed E-state index contributed by atoms with van der Waals surface area (Å²) < 4.78 is 25.5. The van der Waals surface area contributed by atoms with E-state index < -0.39 is 20.4 Å². The average molecular weight is 247 g/mol. The first-order valence-electron chi connectivity index (χ1n) is 6.05. The normalized spacial score (nSPS) is 28.9. The van der Waals surface area contributed by atoms with Gasteiger partial charge in [0, 0.05) is 13.1 Å². The van der Waals surface area contributed by atoms with E-state index >= 15 is 0 Å². The molecule has 2 rings (SSSR count). The third kappa shape index (κ3) is 1.89. The second-order valence-corrected chi connectivity index (χ2v) is 7.88. The Morgan fingerprint density at radius 2 is 1.69 bits per heavy atom. The van der Waals surface area contributed by atoms with Crippen molar-refractivity contribution in [2.75, 3.05) is 13.1 Å². The minimum atomic E-state index is -3.12. The van der Waals surface area contributed by atoms with Gasteiger partial charge in [0.25, 0.3) is 0 Å². The van der Waals surface area contributed by atoms with Gasteiger partial charge < -0.3 is 5.11 Å². The van der Waals surface area contributed by atoms with Gasteiger partial charge in [-0.2, -0.15) is 0 Å². The van der Waals surface area contributed by atoms with Gasteiger partial charge in [0.2, 0.25) is 10.0 Å². The first-order chi connectivity index (χ1) is 7.33. The zero-order valence-electron chi connectivity index (χ0n) is 10.1. The summed E-state index contributed by atoms with van der Waals surface area (Å²) in [5, 5.41) is 10.1. The molecule has 0 radical (unpaired) electrons. The largest absolute Gasteiger partial charge is 0.390 e. The molecule has 94 valence electrons. The molecule has 5 heteroatoms. The van der Waals surface area contributed by atoms with Crippen molar-refractivity contribution in [3.05, 3.63) is 0 Å². The van der Waals surface area contributed by atoms with Crippen molar-refractivity contribution >= 4 is 10.0 Å². The van der Waals surface area contributed by atoms with Crippen LogP contribution in [-0.2, 0) is 10.0 Å². The molecule has 0 amide bonds. The van der Waals surface area contributed by atoms with Crippen LogP contribution in [0.25, 0.3) is 0 Å². The first-order valence-corrected chi connectivity index (χ1v) is 7.49. The second-order valence-electron chi connectivity index (χ2n) is 5.43. The van der Waals surface area contributed by atoms with E-state index in [4.69, 9.17) is 0 Å². The lowest BCUT2D eigenvalue weighted by molar-refractivity contribution is -0.00820. The maximum absolute atomic E-state index is 12.2. The maximum Gasteiger partial charge on any atom is 0.219 e. The van der Waals surface area contributed by atoms with Gasteiger partial charge in [-0.25, -0.2) is 12.7 Å². The predicted molar refractivity (Wildman–Crippen MR) is 62.6 cm³/mol. The Kier molecular flexibility index (Phi) is 2.84. The highest BCUT2D eigenvalue weighted by Gasteiger charge is 2.53. The smallest absolute Gasteiger partial charge is 0.219 e. The molecular formula is C11H21NO3S. The van der Waals surface area contributed by atoms with E-state index in [2.05, 4.69) is 0 Å². The quantitative estimate of drug-likeness (QED) is 0.812. The van der Waals surface area contributed by atoms with Crippen LogP contribution in [0.15, 0.2) is 0 Å². The van der Waals surface area contributed by atoms with Crippen molar-refractivity contribution < 1.29 is 13.5 Å². The fourth-order valence-corrected chi connectivity index (χ4v) is 4.15. The molecule has 1 saturated heterocycles. The van der Waals surface area contributed by atoms with Crippen LogP contribution in [0.5, 0.6) is 0 Å². The summed E-state index contributed by atoms with van der Waals surface area (Å²) in [6.07, 6.45) is 3.41. The molecule has 1 heterocycles. The van der Waals surface area contributed by atoms with Crippen molar-refractivity contribution in [3.8, 4) is 0 Å². The molecule has 0 unspecified atom stereocenters. The molecule has 1 aliphatic heterocycles. The summed E-state index contributed by atoms with van der Waals surface area (Å²) in [4.78, 5) is 0. The van der Waals surface area contributed by atoms with Gasteiger partial charge in [-0.1, -0.05) is 6.92 Å². The number of hydrogen-bond acceptors (Lipinski definition) is 3. The maximum atomic E-state index is 12.2. The monoisotopic (exact) mass is 247 g/mol. The number of sulfonamides is 1. The van der Waals surface area contributed by atoms with Gasteiger partial charge in [-0.3, -0.25) is 0 Å². The van der Waals surface area contributed by atoms with E-state index in [-0.39, 0.29) is 0 Å². The van der Waals surface area contributed by atoms with Gasteiger partial charge in [0.05, 0.1) is 10.3 Å². The van der Waals surface area contributed by atoms with Crippen LogP contribution < -0.4 is 0 Å². The fraction of sp³-hybridized carbons (Fsp3) is 1.00. The third-order valence-corrected chi connectivity index (χ3v) is 6.93. The molecule has 4 nitrogen and oxygen atoms in total. The summed E-state index contributed by atoms with van der Waals surface area (Å²) in [5.74, 6) is 0. The van der Waals surface area contributed by atoms with Gasteiger partial charge in [-0.15, -0.1) is 0 Å². The van der Waals surface area contributed by atoms with Gasteiger partial charge >= 0.3 is 0 Å². The predicted octanol–water partition coefficient (Wildman–Crippen LogP) is 1.11. The highest BCUT2D eigenvalue weighted by atomic mass is 32.2. The highest BCUT2D eigenvalue weighted by Crippen LogP contribution is 2.45. The lowest BCUT2D eigenvalue weighted by Crippen LogP contribution is -2.49. The van der Waals surface area contributed by atoms with Crippen LogP contribution in [0.4, 0.5) is 0 Å². The van der Waals surface area contributed by atoms with Crippen molar-refractivity contribution in [1.29, 1.82) is 0 Å². The van der Waals surface area contributed by atoms with E-state index in [1.807, 2.05) is 13.8 Å². The molecule has 0 aromatic heterocycles. The number of hydrogen-bond donors (Lipinski definition) is 1. The zero-order valence-corrected chi connectivity index (χ0v) is 10.9. The summed E-state index contributed by atoms with van der Waals surface area (Å²) in [7, 11) is -3.12. The third-order valence-electron chi connectivity index (χ3n) is 4.23. The van der Waals surface area contributed by atoms with Gasteiger partial charge in [0.15, 0.2) is 0 Å².